The van der Waals surface area contributed by atoms with Crippen molar-refractivity contribution in [2.75, 3.05) is 38.2 Å². The summed E-state index contributed by atoms with van der Waals surface area (Å²) in [5, 5.41) is 6.23. The maximum Gasteiger partial charge on any atom is 0.273 e. The Labute approximate surface area is 208 Å². The second-order valence-corrected chi connectivity index (χ2v) is 9.37. The van der Waals surface area contributed by atoms with E-state index in [0.717, 1.165) is 16.8 Å². The van der Waals surface area contributed by atoms with Crippen molar-refractivity contribution in [3.05, 3.63) is 75.8 Å². The van der Waals surface area contributed by atoms with Gasteiger partial charge < -0.3 is 19.9 Å². The predicted octanol–water partition coefficient (Wildman–Crippen LogP) is 4.74. The van der Waals surface area contributed by atoms with E-state index in [1.54, 1.807) is 15.2 Å². The zero-order valence-corrected chi connectivity index (χ0v) is 20.6. The molecule has 34 heavy (non-hydrogen) atoms. The van der Waals surface area contributed by atoms with Gasteiger partial charge in [0.15, 0.2) is 5.13 Å². The van der Waals surface area contributed by atoms with Crippen LogP contribution in [0.5, 0.6) is 0 Å². The topological polar surface area (TPSA) is 74.8 Å². The van der Waals surface area contributed by atoms with Crippen LogP contribution in [0.25, 0.3) is 0 Å². The van der Waals surface area contributed by atoms with Gasteiger partial charge in [-0.3, -0.25) is 9.59 Å². The summed E-state index contributed by atoms with van der Waals surface area (Å²) in [5.74, 6) is -0.169. The first-order valence-electron chi connectivity index (χ1n) is 11.2. The molecule has 7 nitrogen and oxygen atoms in total. The van der Waals surface area contributed by atoms with E-state index in [1.807, 2.05) is 55.5 Å². The lowest BCUT2D eigenvalue weighted by molar-refractivity contribution is -0.135. The second kappa shape index (κ2) is 11.5. The molecule has 178 valence electrons. The molecule has 3 aromatic rings. The number of halogens is 1. The van der Waals surface area contributed by atoms with Crippen LogP contribution in [0.4, 0.5) is 10.8 Å². The number of thiazole rings is 1. The van der Waals surface area contributed by atoms with Crippen LogP contribution in [0, 0.1) is 6.92 Å². The maximum absolute atomic E-state index is 13.4. The minimum absolute atomic E-state index is 0.0335. The number of amides is 2. The molecule has 1 N–H and O–H groups in total. The van der Waals surface area contributed by atoms with Crippen LogP contribution < -0.4 is 5.32 Å². The van der Waals surface area contributed by atoms with Crippen molar-refractivity contribution in [2.24, 2.45) is 0 Å². The summed E-state index contributed by atoms with van der Waals surface area (Å²) < 4.78 is 5.33. The van der Waals surface area contributed by atoms with E-state index >= 15 is 0 Å². The highest BCUT2D eigenvalue weighted by molar-refractivity contribution is 7.14. The molecule has 0 radical (unpaired) electrons. The van der Waals surface area contributed by atoms with Gasteiger partial charge in [0, 0.05) is 48.7 Å². The minimum atomic E-state index is -0.203. The Morgan fingerprint density at radius 2 is 1.94 bits per heavy atom. The van der Waals surface area contributed by atoms with Crippen molar-refractivity contribution in [1.82, 2.24) is 14.8 Å². The van der Waals surface area contributed by atoms with Crippen molar-refractivity contribution >= 4 is 45.6 Å². The largest absolute Gasteiger partial charge is 0.378 e. The Morgan fingerprint density at radius 1 is 1.18 bits per heavy atom. The van der Waals surface area contributed by atoms with Crippen molar-refractivity contribution in [3.8, 4) is 0 Å². The fourth-order valence-electron chi connectivity index (χ4n) is 3.69. The fraction of sp³-hybridized carbons (Fsp3) is 0.320. The zero-order valence-electron chi connectivity index (χ0n) is 19.0. The SMILES string of the molecule is Cc1ccc(Cl)cc1Nc1nc(C(=O)N(CCC(=O)N2CCOCC2)Cc2ccccc2)cs1. The Kier molecular flexibility index (Phi) is 8.16. The number of nitrogens with zero attached hydrogens (tertiary/aromatic N) is 3. The standard InChI is InChI=1S/C25H27ClN4O3S/c1-18-7-8-20(26)15-21(18)27-25-28-22(17-34-25)24(32)30(16-19-5-3-2-4-6-19)10-9-23(31)29-11-13-33-14-12-29/h2-8,15,17H,9-14,16H2,1H3,(H,27,28). The zero-order chi connectivity index (χ0) is 23.9. The number of morpholine rings is 1. The van der Waals surface area contributed by atoms with Crippen molar-refractivity contribution in [3.63, 3.8) is 0 Å². The predicted molar refractivity (Wildman–Crippen MR) is 135 cm³/mol. The van der Waals surface area contributed by atoms with Gasteiger partial charge in [-0.1, -0.05) is 48.0 Å². The number of aromatic nitrogens is 1. The van der Waals surface area contributed by atoms with Crippen LogP contribution in [0.1, 0.15) is 28.0 Å². The molecule has 4 rings (SSSR count). The molecule has 2 heterocycles. The van der Waals surface area contributed by atoms with Crippen molar-refractivity contribution in [2.45, 2.75) is 19.9 Å². The molecular weight excluding hydrogens is 472 g/mol. The molecule has 0 spiro atoms. The number of benzene rings is 2. The number of carbonyl (C=O) groups is 2. The summed E-state index contributed by atoms with van der Waals surface area (Å²) in [6.45, 7) is 5.00. The number of rotatable bonds is 8. The van der Waals surface area contributed by atoms with Gasteiger partial charge >= 0.3 is 0 Å². The molecule has 0 atom stereocenters. The molecule has 9 heteroatoms. The summed E-state index contributed by atoms with van der Waals surface area (Å²) in [5.41, 5.74) is 3.22. The summed E-state index contributed by atoms with van der Waals surface area (Å²) in [7, 11) is 0. The molecule has 1 aliphatic rings. The monoisotopic (exact) mass is 498 g/mol. The number of carbonyl (C=O) groups excluding carboxylic acids is 2. The summed E-state index contributed by atoms with van der Waals surface area (Å²) >= 11 is 7.47. The number of hydrogen-bond acceptors (Lipinski definition) is 6. The van der Waals surface area contributed by atoms with Crippen LogP contribution in [0.2, 0.25) is 5.02 Å². The van der Waals surface area contributed by atoms with Crippen molar-refractivity contribution < 1.29 is 14.3 Å². The van der Waals surface area contributed by atoms with E-state index in [4.69, 9.17) is 16.3 Å². The highest BCUT2D eigenvalue weighted by atomic mass is 35.5. The van der Waals surface area contributed by atoms with Crippen LogP contribution in [0.15, 0.2) is 53.9 Å². The van der Waals surface area contributed by atoms with E-state index in [9.17, 15) is 9.59 Å². The third-order valence-electron chi connectivity index (χ3n) is 5.63. The highest BCUT2D eigenvalue weighted by Gasteiger charge is 2.23. The molecule has 0 bridgehead atoms. The van der Waals surface area contributed by atoms with Crippen LogP contribution in [-0.2, 0) is 16.1 Å². The summed E-state index contributed by atoms with van der Waals surface area (Å²) in [6, 6.07) is 15.4. The second-order valence-electron chi connectivity index (χ2n) is 8.08. The number of anilines is 2. The Morgan fingerprint density at radius 3 is 2.71 bits per heavy atom. The molecule has 0 unspecified atom stereocenters. The van der Waals surface area contributed by atoms with E-state index in [0.29, 0.717) is 55.2 Å². The van der Waals surface area contributed by atoms with Gasteiger partial charge in [-0.05, 0) is 30.2 Å². The fourth-order valence-corrected chi connectivity index (χ4v) is 4.56. The number of nitrogens with one attached hydrogen (secondary N) is 1. The third kappa shape index (κ3) is 6.34. The molecular formula is C25H27ClN4O3S. The summed E-state index contributed by atoms with van der Waals surface area (Å²) in [4.78, 5) is 34.1. The molecule has 1 aliphatic heterocycles. The van der Waals surface area contributed by atoms with E-state index in [1.165, 1.54) is 11.3 Å². The quantitative estimate of drug-likeness (QED) is 0.485. The molecule has 0 aliphatic carbocycles. The van der Waals surface area contributed by atoms with Gasteiger partial charge in [0.1, 0.15) is 5.69 Å². The van der Waals surface area contributed by atoms with E-state index in [-0.39, 0.29) is 18.2 Å². The minimum Gasteiger partial charge on any atom is -0.378 e. The average molecular weight is 499 g/mol. The third-order valence-corrected chi connectivity index (χ3v) is 6.62. The smallest absolute Gasteiger partial charge is 0.273 e. The van der Waals surface area contributed by atoms with Gasteiger partial charge in [0.05, 0.1) is 13.2 Å². The molecule has 2 amide bonds. The lowest BCUT2D eigenvalue weighted by Gasteiger charge is -2.28. The Hall–Kier alpha value is -2.94. The normalized spacial score (nSPS) is 13.5. The van der Waals surface area contributed by atoms with Gasteiger partial charge in [-0.25, -0.2) is 4.98 Å². The van der Waals surface area contributed by atoms with Gasteiger partial charge in [-0.2, -0.15) is 0 Å². The van der Waals surface area contributed by atoms with Gasteiger partial charge in [0.25, 0.3) is 5.91 Å². The Bertz CT molecular complexity index is 1130. The highest BCUT2D eigenvalue weighted by Crippen LogP contribution is 2.27. The number of hydrogen-bond donors (Lipinski definition) is 1. The first kappa shape index (κ1) is 24.2. The Balaban J connectivity index is 1.47. The maximum atomic E-state index is 13.4. The first-order valence-corrected chi connectivity index (χ1v) is 12.4. The van der Waals surface area contributed by atoms with Crippen LogP contribution in [-0.4, -0.2) is 59.4 Å². The molecule has 1 aromatic heterocycles. The number of ether oxygens (including phenoxy) is 1. The van der Waals surface area contributed by atoms with Crippen LogP contribution >= 0.6 is 22.9 Å². The number of aryl methyl sites for hydroxylation is 1. The van der Waals surface area contributed by atoms with E-state index in [2.05, 4.69) is 10.3 Å². The molecule has 1 saturated heterocycles. The van der Waals surface area contributed by atoms with Crippen LogP contribution in [0.3, 0.4) is 0 Å². The molecule has 2 aromatic carbocycles. The van der Waals surface area contributed by atoms with Crippen molar-refractivity contribution in [1.29, 1.82) is 0 Å². The van der Waals surface area contributed by atoms with Gasteiger partial charge in [-0.15, -0.1) is 11.3 Å². The van der Waals surface area contributed by atoms with E-state index < -0.39 is 0 Å². The van der Waals surface area contributed by atoms with Gasteiger partial charge in [0.2, 0.25) is 5.91 Å². The molecule has 1 fully saturated rings. The average Bonchev–Trinajstić information content (AvgIpc) is 3.33. The first-order chi connectivity index (χ1) is 16.5. The lowest BCUT2D eigenvalue weighted by atomic mass is 10.2. The lowest BCUT2D eigenvalue weighted by Crippen LogP contribution is -2.42. The summed E-state index contributed by atoms with van der Waals surface area (Å²) in [6.07, 6.45) is 0.259. The molecule has 0 saturated carbocycles.